The molecule has 1 N–H and O–H groups in total. The van der Waals surface area contributed by atoms with Crippen molar-refractivity contribution in [2.75, 3.05) is 6.54 Å². The number of aryl methyl sites for hydroxylation is 1. The van der Waals surface area contributed by atoms with Crippen LogP contribution in [-0.2, 0) is 6.42 Å². The van der Waals surface area contributed by atoms with E-state index in [4.69, 9.17) is 0 Å². The maximum absolute atomic E-state index is 13.3. The number of rotatable bonds is 4. The van der Waals surface area contributed by atoms with Crippen LogP contribution in [0.5, 0.6) is 0 Å². The van der Waals surface area contributed by atoms with Gasteiger partial charge in [-0.2, -0.15) is 0 Å². The molecule has 4 nitrogen and oxygen atoms in total. The Morgan fingerprint density at radius 2 is 1.93 bits per heavy atom. The predicted molar refractivity (Wildman–Crippen MR) is 104 cm³/mol. The van der Waals surface area contributed by atoms with E-state index < -0.39 is 0 Å². The molecule has 0 spiro atoms. The van der Waals surface area contributed by atoms with Crippen LogP contribution in [0.1, 0.15) is 21.6 Å². The first-order valence-corrected chi connectivity index (χ1v) is 8.79. The number of carbonyl (C=O) groups excluding carboxylic acids is 1. The third-order valence-corrected chi connectivity index (χ3v) is 4.61. The molecule has 0 saturated carbocycles. The van der Waals surface area contributed by atoms with Crippen molar-refractivity contribution in [1.29, 1.82) is 0 Å². The summed E-state index contributed by atoms with van der Waals surface area (Å²) in [6.07, 6.45) is 2.46. The minimum atomic E-state index is -0.338. The molecule has 4 aromatic rings. The second-order valence-electron chi connectivity index (χ2n) is 6.46. The Kier molecular flexibility index (Phi) is 4.50. The molecule has 0 unspecified atom stereocenters. The third kappa shape index (κ3) is 3.49. The van der Waals surface area contributed by atoms with Crippen molar-refractivity contribution >= 4 is 27.7 Å². The molecule has 5 heteroatoms. The van der Waals surface area contributed by atoms with Crippen molar-refractivity contribution in [2.45, 2.75) is 13.3 Å². The Hall–Kier alpha value is -3.34. The smallest absolute Gasteiger partial charge is 0.253 e. The Labute approximate surface area is 156 Å². The summed E-state index contributed by atoms with van der Waals surface area (Å²) in [5, 5.41) is 4.78. The number of hydrogen-bond acceptors (Lipinski definition) is 3. The summed E-state index contributed by atoms with van der Waals surface area (Å²) in [7, 11) is 0. The molecule has 1 amide bonds. The van der Waals surface area contributed by atoms with Gasteiger partial charge in [0, 0.05) is 29.6 Å². The van der Waals surface area contributed by atoms with Crippen LogP contribution in [0, 0.1) is 12.7 Å². The van der Waals surface area contributed by atoms with Crippen LogP contribution in [0.15, 0.2) is 60.8 Å². The second-order valence-corrected chi connectivity index (χ2v) is 6.46. The van der Waals surface area contributed by atoms with Crippen LogP contribution in [0.3, 0.4) is 0 Å². The van der Waals surface area contributed by atoms with E-state index in [1.807, 2.05) is 30.3 Å². The standard InChI is InChI=1S/C22H18FN3O/c1-14-19(12-17-7-8-18(23)13-20(17)26-14)22(27)25-11-9-16-5-2-4-15-6-3-10-24-21(15)16/h2-8,10,12-13H,9,11H2,1H3,(H,25,27). The second kappa shape index (κ2) is 7.11. The van der Waals surface area contributed by atoms with E-state index in [2.05, 4.69) is 15.3 Å². The Balaban J connectivity index is 1.50. The van der Waals surface area contributed by atoms with Gasteiger partial charge in [-0.15, -0.1) is 0 Å². The predicted octanol–water partition coefficient (Wildman–Crippen LogP) is 4.20. The maximum Gasteiger partial charge on any atom is 0.253 e. The van der Waals surface area contributed by atoms with Crippen LogP contribution in [-0.4, -0.2) is 22.4 Å². The zero-order valence-corrected chi connectivity index (χ0v) is 14.9. The summed E-state index contributed by atoms with van der Waals surface area (Å²) in [4.78, 5) is 21.4. The van der Waals surface area contributed by atoms with Crippen LogP contribution < -0.4 is 5.32 Å². The molecular weight excluding hydrogens is 341 g/mol. The lowest BCUT2D eigenvalue weighted by atomic mass is 10.1. The molecule has 4 rings (SSSR count). The Morgan fingerprint density at radius 3 is 2.81 bits per heavy atom. The Bertz CT molecular complexity index is 1150. The normalized spacial score (nSPS) is 11.0. The van der Waals surface area contributed by atoms with E-state index in [1.165, 1.54) is 12.1 Å². The molecule has 2 aromatic carbocycles. The molecule has 0 atom stereocenters. The zero-order valence-electron chi connectivity index (χ0n) is 14.9. The van der Waals surface area contributed by atoms with E-state index >= 15 is 0 Å². The number of fused-ring (bicyclic) bond motifs is 2. The first kappa shape index (κ1) is 17.1. The van der Waals surface area contributed by atoms with Crippen molar-refractivity contribution in [2.24, 2.45) is 0 Å². The number of aromatic nitrogens is 2. The number of halogens is 1. The van der Waals surface area contributed by atoms with Gasteiger partial charge in [-0.05, 0) is 43.2 Å². The maximum atomic E-state index is 13.3. The van der Waals surface area contributed by atoms with Crippen LogP contribution in [0.2, 0.25) is 0 Å². The number of benzene rings is 2. The lowest BCUT2D eigenvalue weighted by Gasteiger charge is -2.10. The summed E-state index contributed by atoms with van der Waals surface area (Å²) >= 11 is 0. The molecule has 0 aliphatic carbocycles. The molecule has 0 aliphatic heterocycles. The number of amides is 1. The van der Waals surface area contributed by atoms with Gasteiger partial charge in [0.2, 0.25) is 0 Å². The lowest BCUT2D eigenvalue weighted by Crippen LogP contribution is -2.26. The largest absolute Gasteiger partial charge is 0.352 e. The van der Waals surface area contributed by atoms with E-state index in [9.17, 15) is 9.18 Å². The Morgan fingerprint density at radius 1 is 1.07 bits per heavy atom. The molecule has 2 heterocycles. The molecule has 0 aliphatic rings. The van der Waals surface area contributed by atoms with Gasteiger partial charge in [0.05, 0.1) is 22.3 Å². The fourth-order valence-electron chi connectivity index (χ4n) is 3.24. The minimum absolute atomic E-state index is 0.181. The van der Waals surface area contributed by atoms with Crippen LogP contribution in [0.25, 0.3) is 21.8 Å². The van der Waals surface area contributed by atoms with Gasteiger partial charge in [-0.1, -0.05) is 24.3 Å². The molecule has 2 aromatic heterocycles. The summed E-state index contributed by atoms with van der Waals surface area (Å²) in [5.74, 6) is -0.519. The molecule has 0 bridgehead atoms. The highest BCUT2D eigenvalue weighted by Gasteiger charge is 2.12. The monoisotopic (exact) mass is 359 g/mol. The molecule has 0 saturated heterocycles. The fourth-order valence-corrected chi connectivity index (χ4v) is 3.24. The summed E-state index contributed by atoms with van der Waals surface area (Å²) < 4.78 is 13.3. The number of nitrogens with one attached hydrogen (secondary N) is 1. The zero-order chi connectivity index (χ0) is 18.8. The van der Waals surface area contributed by atoms with Crippen molar-refractivity contribution < 1.29 is 9.18 Å². The van der Waals surface area contributed by atoms with Gasteiger partial charge in [0.25, 0.3) is 5.91 Å². The van der Waals surface area contributed by atoms with Gasteiger partial charge in [-0.3, -0.25) is 14.8 Å². The van der Waals surface area contributed by atoms with Crippen molar-refractivity contribution in [3.8, 4) is 0 Å². The van der Waals surface area contributed by atoms with Gasteiger partial charge < -0.3 is 5.32 Å². The number of pyridine rings is 2. The van der Waals surface area contributed by atoms with Crippen molar-refractivity contribution in [3.63, 3.8) is 0 Å². The SMILES string of the molecule is Cc1nc2cc(F)ccc2cc1C(=O)NCCc1cccc2cccnc12. The van der Waals surface area contributed by atoms with Crippen molar-refractivity contribution in [1.82, 2.24) is 15.3 Å². The van der Waals surface area contributed by atoms with Gasteiger partial charge in [0.1, 0.15) is 5.82 Å². The highest BCUT2D eigenvalue weighted by molar-refractivity contribution is 5.98. The summed E-state index contributed by atoms with van der Waals surface area (Å²) in [6.45, 7) is 2.25. The highest BCUT2D eigenvalue weighted by Crippen LogP contribution is 2.18. The molecule has 0 radical (unpaired) electrons. The van der Waals surface area contributed by atoms with Gasteiger partial charge in [0.15, 0.2) is 0 Å². The van der Waals surface area contributed by atoms with E-state index in [0.717, 1.165) is 21.9 Å². The number of nitrogens with zero attached hydrogens (tertiary/aromatic N) is 2. The van der Waals surface area contributed by atoms with E-state index in [1.54, 1.807) is 25.3 Å². The molecule has 27 heavy (non-hydrogen) atoms. The summed E-state index contributed by atoms with van der Waals surface area (Å²) in [5.41, 5.74) is 3.69. The van der Waals surface area contributed by atoms with Crippen LogP contribution in [0.4, 0.5) is 4.39 Å². The van der Waals surface area contributed by atoms with Gasteiger partial charge in [-0.25, -0.2) is 4.39 Å². The van der Waals surface area contributed by atoms with Gasteiger partial charge >= 0.3 is 0 Å². The van der Waals surface area contributed by atoms with Crippen LogP contribution >= 0.6 is 0 Å². The third-order valence-electron chi connectivity index (χ3n) is 4.61. The molecule has 134 valence electrons. The quantitative estimate of drug-likeness (QED) is 0.594. The topological polar surface area (TPSA) is 54.9 Å². The highest BCUT2D eigenvalue weighted by atomic mass is 19.1. The molecule has 0 fully saturated rings. The summed E-state index contributed by atoms with van der Waals surface area (Å²) in [6, 6.07) is 16.1. The lowest BCUT2D eigenvalue weighted by molar-refractivity contribution is 0.0953. The van der Waals surface area contributed by atoms with E-state index in [0.29, 0.717) is 29.7 Å². The number of para-hydroxylation sites is 1. The first-order valence-electron chi connectivity index (χ1n) is 8.79. The average Bonchev–Trinajstić information content (AvgIpc) is 2.67. The fraction of sp³-hybridized carbons (Fsp3) is 0.136. The minimum Gasteiger partial charge on any atom is -0.352 e. The number of carbonyl (C=O) groups is 1. The molecular formula is C22H18FN3O. The van der Waals surface area contributed by atoms with E-state index in [-0.39, 0.29) is 11.7 Å². The first-order chi connectivity index (χ1) is 13.1. The van der Waals surface area contributed by atoms with Crippen molar-refractivity contribution in [3.05, 3.63) is 83.4 Å². The average molecular weight is 359 g/mol. The number of hydrogen-bond donors (Lipinski definition) is 1.